The zero-order valence-corrected chi connectivity index (χ0v) is 14.1. The molecule has 5 nitrogen and oxygen atoms in total. The van der Waals surface area contributed by atoms with Crippen LogP contribution in [0.1, 0.15) is 19.4 Å². The van der Waals surface area contributed by atoms with Crippen molar-refractivity contribution in [3.05, 3.63) is 42.0 Å². The second kappa shape index (κ2) is 12.8. The van der Waals surface area contributed by atoms with Gasteiger partial charge in [0.2, 0.25) is 5.91 Å². The molecule has 0 aliphatic rings. The maximum atomic E-state index is 11.6. The van der Waals surface area contributed by atoms with E-state index < -0.39 is 0 Å². The second-order valence-electron chi connectivity index (χ2n) is 5.37. The Morgan fingerprint density at radius 2 is 1.70 bits per heavy atom. The molecule has 0 heterocycles. The van der Waals surface area contributed by atoms with E-state index >= 15 is 0 Å². The lowest BCUT2D eigenvalue weighted by Crippen LogP contribution is -2.27. The molecule has 1 rings (SSSR count). The van der Waals surface area contributed by atoms with Gasteiger partial charge in [-0.2, -0.15) is 0 Å². The van der Waals surface area contributed by atoms with Crippen LogP contribution in [0.5, 0.6) is 0 Å². The van der Waals surface area contributed by atoms with Crippen LogP contribution in [0.25, 0.3) is 6.08 Å². The van der Waals surface area contributed by atoms with Crippen LogP contribution >= 0.6 is 0 Å². The van der Waals surface area contributed by atoms with Crippen LogP contribution in [0.2, 0.25) is 0 Å². The zero-order valence-electron chi connectivity index (χ0n) is 14.1. The number of hydrogen-bond acceptors (Lipinski definition) is 4. The molecular formula is C18H28N2O3. The molecule has 0 unspecified atom stereocenters. The van der Waals surface area contributed by atoms with Crippen LogP contribution < -0.4 is 10.6 Å². The minimum absolute atomic E-state index is 0.117. The summed E-state index contributed by atoms with van der Waals surface area (Å²) in [7, 11) is 0. The third-order valence-electron chi connectivity index (χ3n) is 2.94. The van der Waals surface area contributed by atoms with Crippen molar-refractivity contribution in [1.82, 2.24) is 10.6 Å². The highest BCUT2D eigenvalue weighted by atomic mass is 16.5. The summed E-state index contributed by atoms with van der Waals surface area (Å²) < 4.78 is 10.8. The summed E-state index contributed by atoms with van der Waals surface area (Å²) >= 11 is 0. The molecule has 0 aromatic heterocycles. The lowest BCUT2D eigenvalue weighted by molar-refractivity contribution is -0.116. The highest BCUT2D eigenvalue weighted by Gasteiger charge is 1.96. The molecule has 1 amide bonds. The molecular weight excluding hydrogens is 292 g/mol. The summed E-state index contributed by atoms with van der Waals surface area (Å²) in [5.41, 5.74) is 1.00. The summed E-state index contributed by atoms with van der Waals surface area (Å²) in [6.07, 6.45) is 3.31. The van der Waals surface area contributed by atoms with Gasteiger partial charge in [-0.25, -0.2) is 0 Å². The lowest BCUT2D eigenvalue weighted by Gasteiger charge is -2.09. The van der Waals surface area contributed by atoms with Gasteiger partial charge in [0.05, 0.1) is 26.4 Å². The first kappa shape index (κ1) is 19.4. The van der Waals surface area contributed by atoms with Gasteiger partial charge >= 0.3 is 0 Å². The van der Waals surface area contributed by atoms with Crippen molar-refractivity contribution in [3.63, 3.8) is 0 Å². The van der Waals surface area contributed by atoms with Gasteiger partial charge in [0.15, 0.2) is 0 Å². The van der Waals surface area contributed by atoms with E-state index in [4.69, 9.17) is 9.47 Å². The quantitative estimate of drug-likeness (QED) is 0.456. The zero-order chi connectivity index (χ0) is 16.8. The number of amides is 1. The highest BCUT2D eigenvalue weighted by molar-refractivity contribution is 5.91. The van der Waals surface area contributed by atoms with Crippen molar-refractivity contribution in [2.24, 2.45) is 0 Å². The fourth-order valence-corrected chi connectivity index (χ4v) is 1.78. The molecule has 0 aliphatic carbocycles. The first-order valence-corrected chi connectivity index (χ1v) is 8.08. The van der Waals surface area contributed by atoms with Gasteiger partial charge in [0, 0.05) is 25.2 Å². The maximum absolute atomic E-state index is 11.6. The predicted molar refractivity (Wildman–Crippen MR) is 93.3 cm³/mol. The molecule has 0 aliphatic heterocycles. The van der Waals surface area contributed by atoms with Gasteiger partial charge < -0.3 is 20.1 Å². The monoisotopic (exact) mass is 320 g/mol. The van der Waals surface area contributed by atoms with Crippen molar-refractivity contribution in [2.75, 3.05) is 39.5 Å². The highest BCUT2D eigenvalue weighted by Crippen LogP contribution is 2.00. The van der Waals surface area contributed by atoms with Crippen molar-refractivity contribution < 1.29 is 14.3 Å². The van der Waals surface area contributed by atoms with Crippen LogP contribution in [-0.4, -0.2) is 51.5 Å². The second-order valence-corrected chi connectivity index (χ2v) is 5.37. The van der Waals surface area contributed by atoms with Crippen molar-refractivity contribution in [3.8, 4) is 0 Å². The van der Waals surface area contributed by atoms with E-state index in [1.807, 2.05) is 30.3 Å². The molecule has 0 fully saturated rings. The molecule has 0 atom stereocenters. The Morgan fingerprint density at radius 1 is 1.04 bits per heavy atom. The van der Waals surface area contributed by atoms with E-state index in [9.17, 15) is 4.79 Å². The maximum Gasteiger partial charge on any atom is 0.244 e. The summed E-state index contributed by atoms with van der Waals surface area (Å²) in [6.45, 7) is 7.83. The topological polar surface area (TPSA) is 59.6 Å². The van der Waals surface area contributed by atoms with E-state index in [1.165, 1.54) is 6.08 Å². The minimum Gasteiger partial charge on any atom is -0.378 e. The first-order chi connectivity index (χ1) is 11.2. The standard InChI is InChI=1S/C18H28N2O3/c1-16(2)19-10-12-22-14-15-23-13-11-20-18(21)9-8-17-6-4-3-5-7-17/h3-9,16,19H,10-15H2,1-2H3,(H,20,21)/b9-8+. The summed E-state index contributed by atoms with van der Waals surface area (Å²) in [5, 5.41) is 6.05. The van der Waals surface area contributed by atoms with Crippen molar-refractivity contribution in [2.45, 2.75) is 19.9 Å². The minimum atomic E-state index is -0.117. The number of hydrogen-bond donors (Lipinski definition) is 2. The molecule has 5 heteroatoms. The Bertz CT molecular complexity index is 447. The number of rotatable bonds is 12. The molecule has 23 heavy (non-hydrogen) atoms. The van der Waals surface area contributed by atoms with Crippen LogP contribution in [-0.2, 0) is 14.3 Å². The van der Waals surface area contributed by atoms with E-state index in [1.54, 1.807) is 6.08 Å². The molecule has 0 saturated carbocycles. The van der Waals surface area contributed by atoms with Gasteiger partial charge in [0.1, 0.15) is 0 Å². The summed E-state index contributed by atoms with van der Waals surface area (Å²) in [4.78, 5) is 11.6. The Kier molecular flexibility index (Phi) is 10.8. The molecule has 0 saturated heterocycles. The van der Waals surface area contributed by atoms with Gasteiger partial charge in [-0.3, -0.25) is 4.79 Å². The van der Waals surface area contributed by atoms with Crippen LogP contribution in [0.4, 0.5) is 0 Å². The average Bonchev–Trinajstić information content (AvgIpc) is 2.55. The van der Waals surface area contributed by atoms with E-state index in [-0.39, 0.29) is 5.91 Å². The predicted octanol–water partition coefficient (Wildman–Crippen LogP) is 1.85. The molecule has 0 spiro atoms. The van der Waals surface area contributed by atoms with Crippen molar-refractivity contribution >= 4 is 12.0 Å². The number of ether oxygens (including phenoxy) is 2. The largest absolute Gasteiger partial charge is 0.378 e. The van der Waals surface area contributed by atoms with Gasteiger partial charge in [-0.1, -0.05) is 44.2 Å². The number of carbonyl (C=O) groups is 1. The number of nitrogens with one attached hydrogen (secondary N) is 2. The fourth-order valence-electron chi connectivity index (χ4n) is 1.78. The molecule has 0 radical (unpaired) electrons. The van der Waals surface area contributed by atoms with Crippen LogP contribution in [0.15, 0.2) is 36.4 Å². The summed E-state index contributed by atoms with van der Waals surface area (Å²) in [6, 6.07) is 10.2. The number of carbonyl (C=O) groups excluding carboxylic acids is 1. The smallest absolute Gasteiger partial charge is 0.244 e. The van der Waals surface area contributed by atoms with E-state index in [0.29, 0.717) is 39.0 Å². The van der Waals surface area contributed by atoms with Crippen molar-refractivity contribution in [1.29, 1.82) is 0 Å². The van der Waals surface area contributed by atoms with Gasteiger partial charge in [-0.05, 0) is 11.6 Å². The SMILES string of the molecule is CC(C)NCCOCCOCCNC(=O)/C=C/c1ccccc1. The molecule has 1 aromatic carbocycles. The third kappa shape index (κ3) is 11.5. The van der Waals surface area contributed by atoms with E-state index in [0.717, 1.165) is 12.1 Å². The molecule has 1 aromatic rings. The van der Waals surface area contributed by atoms with E-state index in [2.05, 4.69) is 24.5 Å². The lowest BCUT2D eigenvalue weighted by atomic mass is 10.2. The van der Waals surface area contributed by atoms with Gasteiger partial charge in [0.25, 0.3) is 0 Å². The summed E-state index contributed by atoms with van der Waals surface area (Å²) in [5.74, 6) is -0.117. The molecule has 2 N–H and O–H groups in total. The fraction of sp³-hybridized carbons (Fsp3) is 0.500. The Hall–Kier alpha value is -1.69. The normalized spacial score (nSPS) is 11.3. The molecule has 0 bridgehead atoms. The molecule has 128 valence electrons. The Labute approximate surface area is 139 Å². The van der Waals surface area contributed by atoms with Crippen LogP contribution in [0.3, 0.4) is 0 Å². The van der Waals surface area contributed by atoms with Crippen LogP contribution in [0, 0.1) is 0 Å². The Balaban J connectivity index is 1.92. The number of benzene rings is 1. The average molecular weight is 320 g/mol. The third-order valence-corrected chi connectivity index (χ3v) is 2.94. The van der Waals surface area contributed by atoms with Gasteiger partial charge in [-0.15, -0.1) is 0 Å². The first-order valence-electron chi connectivity index (χ1n) is 8.08. The Morgan fingerprint density at radius 3 is 2.35 bits per heavy atom.